The van der Waals surface area contributed by atoms with Crippen molar-refractivity contribution in [3.63, 3.8) is 0 Å². The van der Waals surface area contributed by atoms with Gasteiger partial charge >= 0.3 is 0 Å². The van der Waals surface area contributed by atoms with Crippen LogP contribution in [0.4, 0.5) is 11.4 Å². The van der Waals surface area contributed by atoms with Gasteiger partial charge in [0.2, 0.25) is 0 Å². The number of nitro benzene ring substituents is 1. The van der Waals surface area contributed by atoms with Crippen molar-refractivity contribution < 1.29 is 14.5 Å². The van der Waals surface area contributed by atoms with Gasteiger partial charge in [0.25, 0.3) is 11.6 Å². The highest BCUT2D eigenvalue weighted by Gasteiger charge is 2.18. The number of rotatable bonds is 5. The van der Waals surface area contributed by atoms with Crippen LogP contribution in [0.15, 0.2) is 36.4 Å². The molecule has 0 saturated carbocycles. The van der Waals surface area contributed by atoms with Crippen LogP contribution in [-0.4, -0.2) is 16.9 Å². The molecule has 1 amide bonds. The van der Waals surface area contributed by atoms with Gasteiger partial charge in [-0.1, -0.05) is 12.1 Å². The zero-order valence-electron chi connectivity index (χ0n) is 15.0. The standard InChI is InChI=1S/C20H22N2O4/c1-13-7-9-17(22(24)25)12-19(13)21-20(23)14(2)26-18-10-8-15-5-3-4-6-16(15)11-18/h7-12,14H,3-6H2,1-2H3,(H,21,23)/t14-/m0/s1. The summed E-state index contributed by atoms with van der Waals surface area (Å²) in [6.45, 7) is 3.45. The number of hydrogen-bond acceptors (Lipinski definition) is 4. The quantitative estimate of drug-likeness (QED) is 0.645. The molecule has 1 aliphatic carbocycles. The fraction of sp³-hybridized carbons (Fsp3) is 0.350. The Kier molecular flexibility index (Phi) is 5.21. The minimum absolute atomic E-state index is 0.0610. The maximum atomic E-state index is 12.4. The van der Waals surface area contributed by atoms with Crippen molar-refractivity contribution in [2.24, 2.45) is 0 Å². The lowest BCUT2D eigenvalue weighted by Gasteiger charge is -2.19. The summed E-state index contributed by atoms with van der Waals surface area (Å²) in [5.74, 6) is 0.329. The molecule has 0 aromatic heterocycles. The first kappa shape index (κ1) is 17.9. The normalized spacial score (nSPS) is 14.2. The number of aryl methyl sites for hydroxylation is 3. The number of nitro groups is 1. The lowest BCUT2D eigenvalue weighted by atomic mass is 9.92. The Morgan fingerprint density at radius 1 is 1.15 bits per heavy atom. The molecule has 1 N–H and O–H groups in total. The second-order valence-corrected chi connectivity index (χ2v) is 6.64. The first-order valence-corrected chi connectivity index (χ1v) is 8.78. The number of benzene rings is 2. The molecule has 136 valence electrons. The maximum absolute atomic E-state index is 12.4. The molecule has 1 aliphatic rings. The highest BCUT2D eigenvalue weighted by atomic mass is 16.6. The van der Waals surface area contributed by atoms with E-state index in [1.54, 1.807) is 19.9 Å². The van der Waals surface area contributed by atoms with Crippen LogP contribution in [0.1, 0.15) is 36.5 Å². The zero-order valence-corrected chi connectivity index (χ0v) is 15.0. The maximum Gasteiger partial charge on any atom is 0.271 e. The van der Waals surface area contributed by atoms with Crippen molar-refractivity contribution in [1.29, 1.82) is 0 Å². The van der Waals surface area contributed by atoms with Crippen LogP contribution in [0, 0.1) is 17.0 Å². The number of ether oxygens (including phenoxy) is 1. The summed E-state index contributed by atoms with van der Waals surface area (Å²) in [5, 5.41) is 13.6. The fourth-order valence-corrected chi connectivity index (χ4v) is 3.13. The Morgan fingerprint density at radius 3 is 2.62 bits per heavy atom. The fourth-order valence-electron chi connectivity index (χ4n) is 3.13. The Morgan fingerprint density at radius 2 is 1.88 bits per heavy atom. The predicted molar refractivity (Wildman–Crippen MR) is 99.6 cm³/mol. The molecule has 0 bridgehead atoms. The Hall–Kier alpha value is -2.89. The Labute approximate surface area is 152 Å². The van der Waals surface area contributed by atoms with E-state index in [1.165, 1.54) is 36.1 Å². The lowest BCUT2D eigenvalue weighted by Crippen LogP contribution is -2.30. The van der Waals surface area contributed by atoms with E-state index in [1.807, 2.05) is 12.1 Å². The number of hydrogen-bond donors (Lipinski definition) is 1. The summed E-state index contributed by atoms with van der Waals surface area (Å²) >= 11 is 0. The number of amides is 1. The van der Waals surface area contributed by atoms with Gasteiger partial charge in [0.1, 0.15) is 5.75 Å². The highest BCUT2D eigenvalue weighted by Crippen LogP contribution is 2.26. The molecular formula is C20H22N2O4. The van der Waals surface area contributed by atoms with Gasteiger partial charge in [-0.05, 0) is 68.4 Å². The molecule has 0 saturated heterocycles. The monoisotopic (exact) mass is 354 g/mol. The van der Waals surface area contributed by atoms with Crippen molar-refractivity contribution in [3.05, 3.63) is 63.2 Å². The van der Waals surface area contributed by atoms with Crippen LogP contribution < -0.4 is 10.1 Å². The topological polar surface area (TPSA) is 81.5 Å². The van der Waals surface area contributed by atoms with Crippen molar-refractivity contribution in [1.82, 2.24) is 0 Å². The summed E-state index contributed by atoms with van der Waals surface area (Å²) < 4.78 is 5.79. The molecule has 2 aromatic carbocycles. The van der Waals surface area contributed by atoms with E-state index in [4.69, 9.17) is 4.74 Å². The number of anilines is 1. The molecule has 6 nitrogen and oxygen atoms in total. The van der Waals surface area contributed by atoms with Crippen molar-refractivity contribution in [2.75, 3.05) is 5.32 Å². The van der Waals surface area contributed by atoms with Crippen molar-refractivity contribution in [2.45, 2.75) is 45.6 Å². The van der Waals surface area contributed by atoms with E-state index in [0.717, 1.165) is 18.4 Å². The largest absolute Gasteiger partial charge is 0.481 e. The van der Waals surface area contributed by atoms with Gasteiger partial charge in [-0.25, -0.2) is 0 Å². The van der Waals surface area contributed by atoms with Gasteiger partial charge in [-0.15, -0.1) is 0 Å². The number of non-ortho nitro benzene ring substituents is 1. The van der Waals surface area contributed by atoms with Gasteiger partial charge in [-0.2, -0.15) is 0 Å². The second-order valence-electron chi connectivity index (χ2n) is 6.64. The van der Waals surface area contributed by atoms with Crippen molar-refractivity contribution in [3.8, 4) is 5.75 Å². The average molecular weight is 354 g/mol. The minimum atomic E-state index is -0.713. The molecule has 6 heteroatoms. The molecule has 1 atom stereocenters. The third kappa shape index (κ3) is 4.02. The van der Waals surface area contributed by atoms with Gasteiger partial charge in [0.05, 0.1) is 10.6 Å². The van der Waals surface area contributed by atoms with Crippen LogP contribution in [0.5, 0.6) is 5.75 Å². The molecule has 26 heavy (non-hydrogen) atoms. The number of nitrogens with one attached hydrogen (secondary N) is 1. The van der Waals surface area contributed by atoms with Crippen LogP contribution in [0.2, 0.25) is 0 Å². The van der Waals surface area contributed by atoms with Crippen molar-refractivity contribution >= 4 is 17.3 Å². The molecule has 0 radical (unpaired) electrons. The molecule has 3 rings (SSSR count). The minimum Gasteiger partial charge on any atom is -0.481 e. The van der Waals surface area contributed by atoms with E-state index < -0.39 is 11.0 Å². The zero-order chi connectivity index (χ0) is 18.7. The third-order valence-corrected chi connectivity index (χ3v) is 4.69. The number of carbonyl (C=O) groups is 1. The van der Waals surface area contributed by atoms with E-state index in [-0.39, 0.29) is 11.6 Å². The lowest BCUT2D eigenvalue weighted by molar-refractivity contribution is -0.384. The summed E-state index contributed by atoms with van der Waals surface area (Å²) in [5.41, 5.74) is 3.76. The smallest absolute Gasteiger partial charge is 0.271 e. The number of carbonyl (C=O) groups excluding carboxylic acids is 1. The molecule has 2 aromatic rings. The highest BCUT2D eigenvalue weighted by molar-refractivity contribution is 5.95. The first-order valence-electron chi connectivity index (χ1n) is 8.78. The van der Waals surface area contributed by atoms with E-state index in [2.05, 4.69) is 11.4 Å². The van der Waals surface area contributed by atoms with Crippen LogP contribution >= 0.6 is 0 Å². The average Bonchev–Trinajstić information content (AvgIpc) is 2.63. The predicted octanol–water partition coefficient (Wildman–Crippen LogP) is 4.19. The SMILES string of the molecule is Cc1ccc([N+](=O)[O-])cc1NC(=O)[C@H](C)Oc1ccc2c(c1)CCCC2. The Balaban J connectivity index is 1.68. The van der Waals surface area contributed by atoms with Gasteiger partial charge in [-0.3, -0.25) is 14.9 Å². The molecule has 0 spiro atoms. The summed E-state index contributed by atoms with van der Waals surface area (Å²) in [7, 11) is 0. The molecule has 0 unspecified atom stereocenters. The van der Waals surface area contributed by atoms with E-state index >= 15 is 0 Å². The summed E-state index contributed by atoms with van der Waals surface area (Å²) in [6, 6.07) is 10.4. The van der Waals surface area contributed by atoms with Crippen LogP contribution in [0.25, 0.3) is 0 Å². The van der Waals surface area contributed by atoms with Gasteiger partial charge in [0.15, 0.2) is 6.10 Å². The van der Waals surface area contributed by atoms with Gasteiger partial charge < -0.3 is 10.1 Å². The van der Waals surface area contributed by atoms with E-state index in [9.17, 15) is 14.9 Å². The molecule has 0 heterocycles. The number of nitrogens with zero attached hydrogens (tertiary/aromatic N) is 1. The molecular weight excluding hydrogens is 332 g/mol. The number of fused-ring (bicyclic) bond motifs is 1. The van der Waals surface area contributed by atoms with E-state index in [0.29, 0.717) is 11.4 Å². The third-order valence-electron chi connectivity index (χ3n) is 4.69. The van der Waals surface area contributed by atoms with Crippen LogP contribution in [-0.2, 0) is 17.6 Å². The van der Waals surface area contributed by atoms with Gasteiger partial charge in [0, 0.05) is 12.1 Å². The Bertz CT molecular complexity index is 848. The summed E-state index contributed by atoms with van der Waals surface area (Å²) in [4.78, 5) is 22.9. The molecule has 0 fully saturated rings. The van der Waals surface area contributed by atoms with Crippen LogP contribution in [0.3, 0.4) is 0 Å². The second kappa shape index (κ2) is 7.56. The first-order chi connectivity index (χ1) is 12.4. The molecule has 0 aliphatic heterocycles. The summed E-state index contributed by atoms with van der Waals surface area (Å²) in [6.07, 6.45) is 3.82.